The second-order valence-electron chi connectivity index (χ2n) is 5.10. The Balaban J connectivity index is 2.60. The summed E-state index contributed by atoms with van der Waals surface area (Å²) in [5.41, 5.74) is -0.700. The maximum atomic E-state index is 12.0. The van der Waals surface area contributed by atoms with Gasteiger partial charge in [0.25, 0.3) is 5.91 Å². The van der Waals surface area contributed by atoms with Crippen LogP contribution in [-0.2, 0) is 4.79 Å². The van der Waals surface area contributed by atoms with Crippen LogP contribution >= 0.6 is 11.6 Å². The summed E-state index contributed by atoms with van der Waals surface area (Å²) in [4.78, 5) is 12.0. The number of hydrogen-bond acceptors (Lipinski definition) is 3. The van der Waals surface area contributed by atoms with Crippen LogP contribution in [0.3, 0.4) is 0 Å². The molecule has 1 rings (SSSR count). The molecule has 0 aliphatic rings. The first-order chi connectivity index (χ1) is 8.72. The molecule has 1 amide bonds. The third-order valence-corrected chi connectivity index (χ3v) is 3.24. The summed E-state index contributed by atoms with van der Waals surface area (Å²) in [6.45, 7) is 6.79. The molecular formula is C14H20ClNO3. The van der Waals surface area contributed by atoms with Crippen molar-refractivity contribution in [2.24, 2.45) is 0 Å². The molecule has 0 radical (unpaired) electrons. The van der Waals surface area contributed by atoms with Crippen LogP contribution in [0.2, 0.25) is 5.02 Å². The van der Waals surface area contributed by atoms with E-state index in [0.717, 1.165) is 0 Å². The molecule has 0 saturated heterocycles. The van der Waals surface area contributed by atoms with E-state index in [1.807, 2.05) is 0 Å². The van der Waals surface area contributed by atoms with Crippen molar-refractivity contribution in [3.8, 4) is 5.75 Å². The Labute approximate surface area is 118 Å². The van der Waals surface area contributed by atoms with E-state index in [2.05, 4.69) is 5.32 Å². The van der Waals surface area contributed by atoms with Crippen LogP contribution in [0.5, 0.6) is 5.75 Å². The highest BCUT2D eigenvalue weighted by Gasteiger charge is 2.28. The van der Waals surface area contributed by atoms with Crippen LogP contribution in [0.25, 0.3) is 0 Å². The number of amides is 1. The molecule has 2 N–H and O–H groups in total. The van der Waals surface area contributed by atoms with Crippen molar-refractivity contribution in [2.45, 2.75) is 45.4 Å². The average Bonchev–Trinajstić information content (AvgIpc) is 2.31. The molecule has 0 spiro atoms. The first-order valence-electron chi connectivity index (χ1n) is 6.14. The number of aliphatic hydroxyl groups excluding tert-OH is 1. The summed E-state index contributed by atoms with van der Waals surface area (Å²) >= 11 is 5.77. The molecule has 1 aromatic rings. The van der Waals surface area contributed by atoms with Gasteiger partial charge in [-0.15, -0.1) is 0 Å². The molecule has 0 bridgehead atoms. The van der Waals surface area contributed by atoms with Crippen molar-refractivity contribution >= 4 is 17.5 Å². The lowest BCUT2D eigenvalue weighted by atomic mass is 9.98. The minimum atomic E-state index is -0.700. The van der Waals surface area contributed by atoms with E-state index < -0.39 is 17.7 Å². The number of rotatable bonds is 5. The quantitative estimate of drug-likeness (QED) is 0.873. The van der Waals surface area contributed by atoms with Crippen molar-refractivity contribution in [2.75, 3.05) is 0 Å². The SMILES string of the molecule is CC(Oc1ccc(Cl)cc1)C(=O)NC(C)(C)C(C)O. The van der Waals surface area contributed by atoms with Gasteiger partial charge in [-0.1, -0.05) is 11.6 Å². The zero-order valence-corrected chi connectivity index (χ0v) is 12.4. The number of hydrogen-bond donors (Lipinski definition) is 2. The number of aliphatic hydroxyl groups is 1. The van der Waals surface area contributed by atoms with Gasteiger partial charge in [-0.3, -0.25) is 4.79 Å². The molecule has 0 aliphatic heterocycles. The predicted octanol–water partition coefficient (Wildman–Crippen LogP) is 2.38. The monoisotopic (exact) mass is 285 g/mol. The van der Waals surface area contributed by atoms with Gasteiger partial charge in [0.1, 0.15) is 5.75 Å². The topological polar surface area (TPSA) is 58.6 Å². The van der Waals surface area contributed by atoms with E-state index in [1.54, 1.807) is 52.0 Å². The van der Waals surface area contributed by atoms with E-state index in [9.17, 15) is 9.90 Å². The number of carbonyl (C=O) groups excluding carboxylic acids is 1. The molecule has 1 aromatic carbocycles. The zero-order valence-electron chi connectivity index (χ0n) is 11.6. The zero-order chi connectivity index (χ0) is 14.6. The molecule has 2 unspecified atom stereocenters. The molecule has 2 atom stereocenters. The van der Waals surface area contributed by atoms with E-state index in [0.29, 0.717) is 10.8 Å². The van der Waals surface area contributed by atoms with Crippen LogP contribution in [-0.4, -0.2) is 28.8 Å². The standard InChI is InChI=1S/C14H20ClNO3/c1-9(13(18)16-14(3,4)10(2)17)19-12-7-5-11(15)6-8-12/h5-10,17H,1-4H3,(H,16,18). The van der Waals surface area contributed by atoms with E-state index >= 15 is 0 Å². The number of benzene rings is 1. The van der Waals surface area contributed by atoms with E-state index in [-0.39, 0.29) is 5.91 Å². The Morgan fingerprint density at radius 3 is 2.32 bits per heavy atom. The molecule has 0 aromatic heterocycles. The van der Waals surface area contributed by atoms with Gasteiger partial charge < -0.3 is 15.2 Å². The molecule has 19 heavy (non-hydrogen) atoms. The van der Waals surface area contributed by atoms with E-state index in [1.165, 1.54) is 0 Å². The van der Waals surface area contributed by atoms with Crippen LogP contribution < -0.4 is 10.1 Å². The summed E-state index contributed by atoms with van der Waals surface area (Å²) in [6.07, 6.45) is -1.31. The fraction of sp³-hybridized carbons (Fsp3) is 0.500. The molecular weight excluding hydrogens is 266 g/mol. The second kappa shape index (κ2) is 6.26. The summed E-state index contributed by atoms with van der Waals surface area (Å²) in [7, 11) is 0. The highest BCUT2D eigenvalue weighted by molar-refractivity contribution is 6.30. The molecule has 0 heterocycles. The van der Waals surface area contributed by atoms with Gasteiger partial charge in [0.2, 0.25) is 0 Å². The smallest absolute Gasteiger partial charge is 0.261 e. The second-order valence-corrected chi connectivity index (χ2v) is 5.54. The Morgan fingerprint density at radius 1 is 1.32 bits per heavy atom. The highest BCUT2D eigenvalue weighted by atomic mass is 35.5. The van der Waals surface area contributed by atoms with Crippen molar-refractivity contribution in [3.05, 3.63) is 29.3 Å². The predicted molar refractivity (Wildman–Crippen MR) is 75.4 cm³/mol. The maximum absolute atomic E-state index is 12.0. The van der Waals surface area contributed by atoms with Crippen LogP contribution in [0.4, 0.5) is 0 Å². The molecule has 0 aliphatic carbocycles. The molecule has 106 valence electrons. The highest BCUT2D eigenvalue weighted by Crippen LogP contribution is 2.17. The maximum Gasteiger partial charge on any atom is 0.261 e. The van der Waals surface area contributed by atoms with Crippen molar-refractivity contribution in [1.29, 1.82) is 0 Å². The van der Waals surface area contributed by atoms with Crippen LogP contribution in [0, 0.1) is 0 Å². The fourth-order valence-electron chi connectivity index (χ4n) is 1.29. The lowest BCUT2D eigenvalue weighted by Crippen LogP contribution is -2.54. The number of halogens is 1. The summed E-state index contributed by atoms with van der Waals surface area (Å²) in [5, 5.41) is 12.9. The third kappa shape index (κ3) is 4.73. The van der Waals surface area contributed by atoms with Crippen molar-refractivity contribution in [1.82, 2.24) is 5.32 Å². The molecule has 0 saturated carbocycles. The molecule has 4 nitrogen and oxygen atoms in total. The lowest BCUT2D eigenvalue weighted by Gasteiger charge is -2.30. The first-order valence-corrected chi connectivity index (χ1v) is 6.52. The van der Waals surface area contributed by atoms with Crippen LogP contribution in [0.1, 0.15) is 27.7 Å². The Bertz CT molecular complexity index is 429. The molecule has 5 heteroatoms. The Kier molecular flexibility index (Phi) is 5.20. The van der Waals surface area contributed by atoms with Crippen molar-refractivity contribution < 1.29 is 14.6 Å². The van der Waals surface area contributed by atoms with Gasteiger partial charge in [-0.25, -0.2) is 0 Å². The first kappa shape index (κ1) is 15.8. The normalized spacial score (nSPS) is 14.6. The average molecular weight is 286 g/mol. The van der Waals surface area contributed by atoms with Crippen molar-refractivity contribution in [3.63, 3.8) is 0 Å². The number of ether oxygens (including phenoxy) is 1. The number of carbonyl (C=O) groups is 1. The van der Waals surface area contributed by atoms with Crippen LogP contribution in [0.15, 0.2) is 24.3 Å². The Hall–Kier alpha value is -1.26. The van der Waals surface area contributed by atoms with E-state index in [4.69, 9.17) is 16.3 Å². The van der Waals surface area contributed by atoms with Gasteiger partial charge in [-0.2, -0.15) is 0 Å². The summed E-state index contributed by atoms with van der Waals surface area (Å²) in [5.74, 6) is 0.294. The lowest BCUT2D eigenvalue weighted by molar-refractivity contribution is -0.130. The minimum Gasteiger partial charge on any atom is -0.481 e. The minimum absolute atomic E-state index is 0.277. The van der Waals surface area contributed by atoms with Gasteiger partial charge >= 0.3 is 0 Å². The van der Waals surface area contributed by atoms with Gasteiger partial charge in [-0.05, 0) is 52.0 Å². The molecule has 0 fully saturated rings. The fourth-order valence-corrected chi connectivity index (χ4v) is 1.42. The summed E-state index contributed by atoms with van der Waals surface area (Å²) in [6, 6.07) is 6.79. The third-order valence-electron chi connectivity index (χ3n) is 2.99. The Morgan fingerprint density at radius 2 is 1.84 bits per heavy atom. The van der Waals surface area contributed by atoms with Gasteiger partial charge in [0.05, 0.1) is 11.6 Å². The number of nitrogens with one attached hydrogen (secondary N) is 1. The largest absolute Gasteiger partial charge is 0.481 e. The van der Waals surface area contributed by atoms with Gasteiger partial charge in [0, 0.05) is 5.02 Å². The summed E-state index contributed by atoms with van der Waals surface area (Å²) < 4.78 is 5.50. The van der Waals surface area contributed by atoms with Gasteiger partial charge in [0.15, 0.2) is 6.10 Å².